The summed E-state index contributed by atoms with van der Waals surface area (Å²) >= 11 is 0. The van der Waals surface area contributed by atoms with Crippen molar-refractivity contribution in [2.24, 2.45) is 0 Å². The number of nitrogen functional groups attached to an aromatic ring is 1. The van der Waals surface area contributed by atoms with Gasteiger partial charge in [-0.25, -0.2) is 9.97 Å². The maximum atomic E-state index is 11.8. The molecule has 7 nitrogen and oxygen atoms in total. The van der Waals surface area contributed by atoms with E-state index in [1.807, 2.05) is 12.1 Å². The quantitative estimate of drug-likeness (QED) is 0.765. The second-order valence-electron chi connectivity index (χ2n) is 4.05. The zero-order valence-corrected chi connectivity index (χ0v) is 11.6. The molecule has 0 atom stereocenters. The van der Waals surface area contributed by atoms with Crippen molar-refractivity contribution in [3.05, 3.63) is 42.4 Å². The van der Waals surface area contributed by atoms with Gasteiger partial charge in [0.2, 0.25) is 0 Å². The molecule has 1 amide bonds. The summed E-state index contributed by atoms with van der Waals surface area (Å²) in [6, 6.07) is 7.29. The van der Waals surface area contributed by atoms with Gasteiger partial charge in [0, 0.05) is 12.4 Å². The van der Waals surface area contributed by atoms with Gasteiger partial charge in [0.25, 0.3) is 5.91 Å². The molecular weight excluding hydrogens is 272 g/mol. The van der Waals surface area contributed by atoms with E-state index in [-0.39, 0.29) is 17.4 Å². The number of hydrogen-bond acceptors (Lipinski definition) is 6. The predicted octanol–water partition coefficient (Wildman–Crippen LogP) is 0.876. The topological polar surface area (TPSA) is 99.4 Å². The highest BCUT2D eigenvalue weighted by Gasteiger charge is 2.11. The molecule has 0 fully saturated rings. The van der Waals surface area contributed by atoms with Crippen molar-refractivity contribution in [1.29, 1.82) is 0 Å². The standard InChI is InChI=1S/C14H16N4O3/c1-20-10-4-2-3-5-11(10)21-9-8-18-14(19)12-13(15)17-7-6-16-12/h2-7H,8-9H2,1H3,(H2,15,17)(H,18,19). The minimum absolute atomic E-state index is 0.0978. The maximum Gasteiger partial charge on any atom is 0.273 e. The SMILES string of the molecule is COc1ccccc1OCCNC(=O)c1nccnc1N. The largest absolute Gasteiger partial charge is 0.493 e. The molecule has 0 bridgehead atoms. The number of ether oxygens (including phenoxy) is 2. The number of amides is 1. The van der Waals surface area contributed by atoms with Gasteiger partial charge in [0.15, 0.2) is 23.0 Å². The zero-order chi connectivity index (χ0) is 15.1. The van der Waals surface area contributed by atoms with E-state index < -0.39 is 0 Å². The second kappa shape index (κ2) is 7.09. The Hall–Kier alpha value is -2.83. The van der Waals surface area contributed by atoms with Gasteiger partial charge in [-0.1, -0.05) is 12.1 Å². The number of benzene rings is 1. The minimum Gasteiger partial charge on any atom is -0.493 e. The van der Waals surface area contributed by atoms with Crippen LogP contribution in [-0.2, 0) is 0 Å². The van der Waals surface area contributed by atoms with E-state index in [4.69, 9.17) is 15.2 Å². The number of hydrogen-bond donors (Lipinski definition) is 2. The molecule has 1 aromatic carbocycles. The van der Waals surface area contributed by atoms with Crippen LogP contribution < -0.4 is 20.5 Å². The molecule has 110 valence electrons. The molecule has 1 heterocycles. The summed E-state index contributed by atoms with van der Waals surface area (Å²) < 4.78 is 10.7. The minimum atomic E-state index is -0.385. The summed E-state index contributed by atoms with van der Waals surface area (Å²) in [7, 11) is 1.57. The number of nitrogens with zero attached hydrogens (tertiary/aromatic N) is 2. The van der Waals surface area contributed by atoms with Crippen LogP contribution in [0.3, 0.4) is 0 Å². The lowest BCUT2D eigenvalue weighted by Crippen LogP contribution is -2.29. The third kappa shape index (κ3) is 3.82. The van der Waals surface area contributed by atoms with Gasteiger partial charge >= 0.3 is 0 Å². The molecule has 0 aliphatic rings. The van der Waals surface area contributed by atoms with E-state index in [1.165, 1.54) is 12.4 Å². The number of anilines is 1. The predicted molar refractivity (Wildman–Crippen MR) is 77.3 cm³/mol. The molecular formula is C14H16N4O3. The van der Waals surface area contributed by atoms with E-state index in [0.717, 1.165) is 0 Å². The third-order valence-electron chi connectivity index (χ3n) is 2.66. The van der Waals surface area contributed by atoms with Crippen molar-refractivity contribution in [1.82, 2.24) is 15.3 Å². The lowest BCUT2D eigenvalue weighted by atomic mass is 10.3. The zero-order valence-electron chi connectivity index (χ0n) is 11.6. The van der Waals surface area contributed by atoms with Gasteiger partial charge in [-0.3, -0.25) is 4.79 Å². The highest BCUT2D eigenvalue weighted by atomic mass is 16.5. The number of carbonyl (C=O) groups is 1. The average molecular weight is 288 g/mol. The van der Waals surface area contributed by atoms with E-state index in [1.54, 1.807) is 19.2 Å². The van der Waals surface area contributed by atoms with E-state index in [2.05, 4.69) is 15.3 Å². The monoisotopic (exact) mass is 288 g/mol. The van der Waals surface area contributed by atoms with Gasteiger partial charge in [-0.2, -0.15) is 0 Å². The summed E-state index contributed by atoms with van der Waals surface area (Å²) in [6.07, 6.45) is 2.84. The number of nitrogens with two attached hydrogens (primary N) is 1. The molecule has 0 spiro atoms. The van der Waals surface area contributed by atoms with Crippen molar-refractivity contribution in [3.63, 3.8) is 0 Å². The van der Waals surface area contributed by atoms with Crippen LogP contribution in [0.25, 0.3) is 0 Å². The molecule has 21 heavy (non-hydrogen) atoms. The van der Waals surface area contributed by atoms with Gasteiger partial charge in [-0.05, 0) is 12.1 Å². The first-order chi connectivity index (χ1) is 10.2. The van der Waals surface area contributed by atoms with E-state index >= 15 is 0 Å². The number of carbonyl (C=O) groups excluding carboxylic acids is 1. The highest BCUT2D eigenvalue weighted by Crippen LogP contribution is 2.25. The Morgan fingerprint density at radius 1 is 1.24 bits per heavy atom. The molecule has 7 heteroatoms. The smallest absolute Gasteiger partial charge is 0.273 e. The number of nitrogens with one attached hydrogen (secondary N) is 1. The summed E-state index contributed by atoms with van der Waals surface area (Å²) in [5.41, 5.74) is 5.68. The number of rotatable bonds is 6. The lowest BCUT2D eigenvalue weighted by Gasteiger charge is -2.10. The molecule has 0 saturated heterocycles. The molecule has 0 saturated carbocycles. The Kier molecular flexibility index (Phi) is 4.92. The fraction of sp³-hybridized carbons (Fsp3) is 0.214. The Balaban J connectivity index is 1.82. The summed E-state index contributed by atoms with van der Waals surface area (Å²) in [6.45, 7) is 0.610. The van der Waals surface area contributed by atoms with Crippen LogP contribution in [0.1, 0.15) is 10.5 Å². The molecule has 2 aromatic rings. The second-order valence-corrected chi connectivity index (χ2v) is 4.05. The Bertz CT molecular complexity index is 619. The molecule has 1 aromatic heterocycles. The first kappa shape index (κ1) is 14.6. The summed E-state index contributed by atoms with van der Waals surface area (Å²) in [5, 5.41) is 2.66. The number of methoxy groups -OCH3 is 1. The lowest BCUT2D eigenvalue weighted by molar-refractivity contribution is 0.0942. The van der Waals surface area contributed by atoms with Crippen molar-refractivity contribution < 1.29 is 14.3 Å². The molecule has 0 radical (unpaired) electrons. The van der Waals surface area contributed by atoms with Crippen LogP contribution in [0.2, 0.25) is 0 Å². The molecule has 0 aliphatic carbocycles. The fourth-order valence-corrected chi connectivity index (χ4v) is 1.67. The van der Waals surface area contributed by atoms with Gasteiger partial charge in [0.05, 0.1) is 13.7 Å². The van der Waals surface area contributed by atoms with Crippen molar-refractivity contribution in [2.75, 3.05) is 26.0 Å². The first-order valence-corrected chi connectivity index (χ1v) is 6.33. The van der Waals surface area contributed by atoms with Crippen LogP contribution in [0.4, 0.5) is 5.82 Å². The first-order valence-electron chi connectivity index (χ1n) is 6.33. The van der Waals surface area contributed by atoms with Crippen LogP contribution >= 0.6 is 0 Å². The molecule has 3 N–H and O–H groups in total. The summed E-state index contributed by atoms with van der Waals surface area (Å²) in [5.74, 6) is 0.972. The van der Waals surface area contributed by atoms with E-state index in [0.29, 0.717) is 24.7 Å². The highest BCUT2D eigenvalue weighted by molar-refractivity contribution is 5.96. The van der Waals surface area contributed by atoms with Crippen LogP contribution in [-0.4, -0.2) is 36.1 Å². The van der Waals surface area contributed by atoms with Crippen molar-refractivity contribution >= 4 is 11.7 Å². The van der Waals surface area contributed by atoms with Crippen molar-refractivity contribution in [2.45, 2.75) is 0 Å². The Morgan fingerprint density at radius 2 is 1.95 bits per heavy atom. The van der Waals surface area contributed by atoms with Crippen LogP contribution in [0.5, 0.6) is 11.5 Å². The Labute approximate surface area is 122 Å². The fourth-order valence-electron chi connectivity index (χ4n) is 1.67. The average Bonchev–Trinajstić information content (AvgIpc) is 2.52. The molecule has 0 aliphatic heterocycles. The normalized spacial score (nSPS) is 9.95. The van der Waals surface area contributed by atoms with E-state index in [9.17, 15) is 4.79 Å². The van der Waals surface area contributed by atoms with Crippen LogP contribution in [0.15, 0.2) is 36.7 Å². The molecule has 2 rings (SSSR count). The molecule has 0 unspecified atom stereocenters. The Morgan fingerprint density at radius 3 is 2.67 bits per heavy atom. The summed E-state index contributed by atoms with van der Waals surface area (Å²) in [4.78, 5) is 19.5. The van der Waals surface area contributed by atoms with Crippen LogP contribution in [0, 0.1) is 0 Å². The number of aromatic nitrogens is 2. The van der Waals surface area contributed by atoms with Gasteiger partial charge in [0.1, 0.15) is 6.61 Å². The maximum absolute atomic E-state index is 11.8. The van der Waals surface area contributed by atoms with Gasteiger partial charge in [-0.15, -0.1) is 0 Å². The van der Waals surface area contributed by atoms with Gasteiger partial charge < -0.3 is 20.5 Å². The third-order valence-corrected chi connectivity index (χ3v) is 2.66. The number of para-hydroxylation sites is 2. The van der Waals surface area contributed by atoms with Crippen molar-refractivity contribution in [3.8, 4) is 11.5 Å².